The van der Waals surface area contributed by atoms with Gasteiger partial charge in [-0.3, -0.25) is 19.3 Å². The van der Waals surface area contributed by atoms with Gasteiger partial charge in [0, 0.05) is 30.9 Å². The average molecular weight is 482 g/mol. The second kappa shape index (κ2) is 9.52. The lowest BCUT2D eigenvalue weighted by Crippen LogP contribution is -2.32. The maximum absolute atomic E-state index is 13.3. The molecule has 0 spiro atoms. The highest BCUT2D eigenvalue weighted by Gasteiger charge is 2.35. The molecule has 0 aromatic heterocycles. The summed E-state index contributed by atoms with van der Waals surface area (Å²) >= 11 is 0. The van der Waals surface area contributed by atoms with Gasteiger partial charge < -0.3 is 5.32 Å². The molecule has 2 aromatic rings. The molecular weight excluding hydrogens is 454 g/mol. The van der Waals surface area contributed by atoms with E-state index in [1.807, 2.05) is 0 Å². The fraction of sp³-hybridized carbons (Fsp3) is 0.320. The molecule has 1 N–H and O–H groups in total. The number of imide groups is 1. The second-order valence-corrected chi connectivity index (χ2v) is 10.4. The van der Waals surface area contributed by atoms with Crippen LogP contribution in [-0.4, -0.2) is 55.0 Å². The van der Waals surface area contributed by atoms with E-state index < -0.39 is 27.7 Å². The zero-order valence-corrected chi connectivity index (χ0v) is 19.9. The van der Waals surface area contributed by atoms with Gasteiger partial charge in [-0.25, -0.2) is 8.42 Å². The van der Waals surface area contributed by atoms with Crippen LogP contribution in [0.15, 0.2) is 53.9 Å². The van der Waals surface area contributed by atoms with E-state index in [1.165, 1.54) is 34.6 Å². The first kappa shape index (κ1) is 23.8. The number of aryl methyl sites for hydroxylation is 1. The number of hydrogen-bond donors (Lipinski definition) is 1. The number of anilines is 1. The topological polar surface area (TPSA) is 104 Å². The van der Waals surface area contributed by atoms with E-state index in [4.69, 9.17) is 0 Å². The van der Waals surface area contributed by atoms with Crippen molar-refractivity contribution in [3.05, 3.63) is 71.3 Å². The summed E-state index contributed by atoms with van der Waals surface area (Å²) < 4.78 is 28.1. The minimum absolute atomic E-state index is 0.0888. The molecule has 1 fully saturated rings. The lowest BCUT2D eigenvalue weighted by atomic mass is 10.1. The van der Waals surface area contributed by atoms with Gasteiger partial charge in [0.25, 0.3) is 17.7 Å². The van der Waals surface area contributed by atoms with Gasteiger partial charge in [-0.15, -0.1) is 6.58 Å². The Hall–Kier alpha value is -3.30. The van der Waals surface area contributed by atoms with Gasteiger partial charge >= 0.3 is 0 Å². The summed E-state index contributed by atoms with van der Waals surface area (Å²) in [7, 11) is -3.69. The summed E-state index contributed by atoms with van der Waals surface area (Å²) in [6, 6.07) is 9.09. The zero-order valence-electron chi connectivity index (χ0n) is 19.0. The van der Waals surface area contributed by atoms with Gasteiger partial charge in [-0.05, 0) is 55.7 Å². The van der Waals surface area contributed by atoms with Gasteiger partial charge in [0.05, 0.1) is 16.0 Å². The maximum atomic E-state index is 13.3. The summed E-state index contributed by atoms with van der Waals surface area (Å²) in [4.78, 5) is 39.1. The monoisotopic (exact) mass is 481 g/mol. The summed E-state index contributed by atoms with van der Waals surface area (Å²) in [5, 5.41) is 2.72. The Morgan fingerprint density at radius 3 is 2.35 bits per heavy atom. The molecule has 0 bridgehead atoms. The Kier molecular flexibility index (Phi) is 6.67. The first-order chi connectivity index (χ1) is 16.2. The molecule has 8 nitrogen and oxygen atoms in total. The van der Waals surface area contributed by atoms with Gasteiger partial charge in [-0.1, -0.05) is 25.0 Å². The minimum Gasteiger partial charge on any atom is -0.322 e. The standard InChI is InChI=1S/C25H27N3O5S/c1-3-12-28-24(30)20-11-9-18(15-21(20)25(28)31)23(29)26-19-10-8-17(2)22(16-19)34(32,33)27-13-6-4-5-7-14-27/h3,8-11,15-16H,1,4-7,12-14H2,2H3,(H,26,29). The summed E-state index contributed by atoms with van der Waals surface area (Å²) in [6.07, 6.45) is 5.16. The van der Waals surface area contributed by atoms with E-state index in [2.05, 4.69) is 11.9 Å². The van der Waals surface area contributed by atoms with Crippen molar-refractivity contribution in [3.63, 3.8) is 0 Å². The largest absolute Gasteiger partial charge is 0.322 e. The number of carbonyl (C=O) groups excluding carboxylic acids is 3. The molecule has 34 heavy (non-hydrogen) atoms. The molecule has 0 atom stereocenters. The van der Waals surface area contributed by atoms with Crippen molar-refractivity contribution in [2.24, 2.45) is 0 Å². The van der Waals surface area contributed by atoms with Crippen molar-refractivity contribution in [2.75, 3.05) is 25.0 Å². The number of carbonyl (C=O) groups is 3. The molecule has 9 heteroatoms. The fourth-order valence-electron chi connectivity index (χ4n) is 4.31. The molecule has 1 saturated heterocycles. The van der Waals surface area contributed by atoms with E-state index in [0.29, 0.717) is 24.3 Å². The van der Waals surface area contributed by atoms with Crippen molar-refractivity contribution in [2.45, 2.75) is 37.5 Å². The van der Waals surface area contributed by atoms with Crippen LogP contribution in [0.1, 0.15) is 62.3 Å². The third-order valence-corrected chi connectivity index (χ3v) is 8.21. The van der Waals surface area contributed by atoms with Gasteiger partial charge in [0.1, 0.15) is 0 Å². The predicted octanol–water partition coefficient (Wildman–Crippen LogP) is 3.59. The van der Waals surface area contributed by atoms with Crippen LogP contribution in [0, 0.1) is 6.92 Å². The summed E-state index contributed by atoms with van der Waals surface area (Å²) in [5.74, 6) is -1.41. The van der Waals surface area contributed by atoms with E-state index in [9.17, 15) is 22.8 Å². The van der Waals surface area contributed by atoms with Gasteiger partial charge in [-0.2, -0.15) is 4.31 Å². The van der Waals surface area contributed by atoms with Crippen LogP contribution in [0.25, 0.3) is 0 Å². The minimum atomic E-state index is -3.69. The highest BCUT2D eigenvalue weighted by molar-refractivity contribution is 7.89. The van der Waals surface area contributed by atoms with Crippen LogP contribution in [0.4, 0.5) is 5.69 Å². The smallest absolute Gasteiger partial charge is 0.261 e. The SMILES string of the molecule is C=CCN1C(=O)c2ccc(C(=O)Nc3ccc(C)c(S(=O)(=O)N4CCCCCC4)c3)cc2C1=O. The zero-order chi connectivity index (χ0) is 24.5. The van der Waals surface area contributed by atoms with Crippen LogP contribution in [0.3, 0.4) is 0 Å². The number of fused-ring (bicyclic) bond motifs is 1. The second-order valence-electron chi connectivity index (χ2n) is 8.52. The number of amides is 3. The fourth-order valence-corrected chi connectivity index (χ4v) is 6.07. The first-order valence-electron chi connectivity index (χ1n) is 11.3. The molecule has 2 aromatic carbocycles. The van der Waals surface area contributed by atoms with E-state index in [-0.39, 0.29) is 28.1 Å². The molecular formula is C25H27N3O5S. The van der Waals surface area contributed by atoms with Crippen molar-refractivity contribution in [1.82, 2.24) is 9.21 Å². The van der Waals surface area contributed by atoms with Crippen LogP contribution in [0.2, 0.25) is 0 Å². The third-order valence-electron chi connectivity index (χ3n) is 6.17. The van der Waals surface area contributed by atoms with Crippen molar-refractivity contribution in [1.29, 1.82) is 0 Å². The highest BCUT2D eigenvalue weighted by atomic mass is 32.2. The van der Waals surface area contributed by atoms with Crippen molar-refractivity contribution < 1.29 is 22.8 Å². The van der Waals surface area contributed by atoms with Crippen LogP contribution >= 0.6 is 0 Å². The van der Waals surface area contributed by atoms with E-state index in [0.717, 1.165) is 30.6 Å². The Morgan fingerprint density at radius 2 is 1.68 bits per heavy atom. The number of nitrogens with one attached hydrogen (secondary N) is 1. The lowest BCUT2D eigenvalue weighted by molar-refractivity contribution is 0.0672. The molecule has 2 heterocycles. The van der Waals surface area contributed by atoms with Gasteiger partial charge in [0.2, 0.25) is 10.0 Å². The molecule has 178 valence electrons. The number of benzene rings is 2. The summed E-state index contributed by atoms with van der Waals surface area (Å²) in [5.41, 5.74) is 1.53. The quantitative estimate of drug-likeness (QED) is 0.502. The normalized spacial score (nSPS) is 16.8. The van der Waals surface area contributed by atoms with Gasteiger partial charge in [0.15, 0.2) is 0 Å². The number of sulfonamides is 1. The van der Waals surface area contributed by atoms with Crippen molar-refractivity contribution >= 4 is 33.4 Å². The van der Waals surface area contributed by atoms with Crippen LogP contribution in [0.5, 0.6) is 0 Å². The number of nitrogens with zero attached hydrogens (tertiary/aromatic N) is 2. The molecule has 4 rings (SSSR count). The van der Waals surface area contributed by atoms with Crippen molar-refractivity contribution in [3.8, 4) is 0 Å². The molecule has 0 aliphatic carbocycles. The molecule has 0 unspecified atom stereocenters. The summed E-state index contributed by atoms with van der Waals surface area (Å²) in [6.45, 7) is 6.36. The van der Waals surface area contributed by atoms with E-state index >= 15 is 0 Å². The van der Waals surface area contributed by atoms with E-state index in [1.54, 1.807) is 19.1 Å². The average Bonchev–Trinajstić information content (AvgIpc) is 3.01. The molecule has 0 radical (unpaired) electrons. The maximum Gasteiger partial charge on any atom is 0.261 e. The molecule has 3 amide bonds. The van der Waals surface area contributed by atoms with Crippen LogP contribution < -0.4 is 5.32 Å². The molecule has 2 aliphatic heterocycles. The predicted molar refractivity (Wildman–Crippen MR) is 128 cm³/mol. The van der Waals surface area contributed by atoms with Crippen LogP contribution in [-0.2, 0) is 10.0 Å². The third kappa shape index (κ3) is 4.41. The number of rotatable bonds is 6. The Bertz CT molecular complexity index is 1280. The highest BCUT2D eigenvalue weighted by Crippen LogP contribution is 2.27. The Labute approximate surface area is 199 Å². The first-order valence-corrected chi connectivity index (χ1v) is 12.7. The lowest BCUT2D eigenvalue weighted by Gasteiger charge is -2.21. The molecule has 0 saturated carbocycles. The number of hydrogen-bond acceptors (Lipinski definition) is 5. The Balaban J connectivity index is 1.58. The Morgan fingerprint density at radius 1 is 1.00 bits per heavy atom. The molecule has 2 aliphatic rings.